The van der Waals surface area contributed by atoms with Crippen LogP contribution in [0.3, 0.4) is 0 Å². The maximum atomic E-state index is 4.75. The van der Waals surface area contributed by atoms with Crippen LogP contribution in [0.15, 0.2) is 36.4 Å². The van der Waals surface area contributed by atoms with Crippen LogP contribution in [-0.2, 0) is 0 Å². The van der Waals surface area contributed by atoms with Crippen LogP contribution < -0.4 is 5.32 Å². The maximum Gasteiger partial charge on any atom is 0.162 e. The first kappa shape index (κ1) is 13.6. The molecule has 3 heteroatoms. The Hall–Kier alpha value is -2.42. The van der Waals surface area contributed by atoms with Gasteiger partial charge < -0.3 is 5.32 Å². The molecule has 0 spiro atoms. The summed E-state index contributed by atoms with van der Waals surface area (Å²) in [6.07, 6.45) is 0. The molecule has 0 aliphatic heterocycles. The van der Waals surface area contributed by atoms with E-state index in [9.17, 15) is 0 Å². The number of rotatable bonds is 2. The van der Waals surface area contributed by atoms with Crippen LogP contribution >= 0.6 is 0 Å². The van der Waals surface area contributed by atoms with Gasteiger partial charge in [0, 0.05) is 18.0 Å². The number of fused-ring (bicyclic) bond motifs is 1. The van der Waals surface area contributed by atoms with E-state index in [-0.39, 0.29) is 0 Å². The van der Waals surface area contributed by atoms with Crippen molar-refractivity contribution in [2.24, 2.45) is 0 Å². The van der Waals surface area contributed by atoms with E-state index in [0.29, 0.717) is 0 Å². The minimum Gasteiger partial charge on any atom is -0.373 e. The van der Waals surface area contributed by atoms with Gasteiger partial charge in [0.15, 0.2) is 5.82 Å². The standard InChI is InChI=1S/C18H19N3/c1-11-8-12(2)10-14(9-11)17-20-15-7-5-6-13(3)16(15)18(19-4)21-17/h5-10H,1-4H3,(H,19,20,21). The lowest BCUT2D eigenvalue weighted by Crippen LogP contribution is -2.00. The first-order valence-electron chi connectivity index (χ1n) is 7.12. The van der Waals surface area contributed by atoms with Gasteiger partial charge in [-0.05, 0) is 44.5 Å². The van der Waals surface area contributed by atoms with Gasteiger partial charge in [-0.2, -0.15) is 0 Å². The Morgan fingerprint density at radius 2 is 1.62 bits per heavy atom. The van der Waals surface area contributed by atoms with Gasteiger partial charge in [0.2, 0.25) is 0 Å². The van der Waals surface area contributed by atoms with E-state index in [4.69, 9.17) is 9.97 Å². The second-order valence-electron chi connectivity index (χ2n) is 5.49. The van der Waals surface area contributed by atoms with Gasteiger partial charge in [0.25, 0.3) is 0 Å². The second-order valence-corrected chi connectivity index (χ2v) is 5.49. The van der Waals surface area contributed by atoms with Gasteiger partial charge in [0.1, 0.15) is 5.82 Å². The molecule has 1 aromatic heterocycles. The van der Waals surface area contributed by atoms with Gasteiger partial charge in [-0.3, -0.25) is 0 Å². The molecule has 0 bridgehead atoms. The lowest BCUT2D eigenvalue weighted by Gasteiger charge is -2.11. The number of hydrogen-bond donors (Lipinski definition) is 1. The Labute approximate surface area is 125 Å². The summed E-state index contributed by atoms with van der Waals surface area (Å²) >= 11 is 0. The SMILES string of the molecule is CNc1nc(-c2cc(C)cc(C)c2)nc2cccc(C)c12. The van der Waals surface area contributed by atoms with Gasteiger partial charge in [-0.25, -0.2) is 9.97 Å². The molecule has 0 saturated heterocycles. The van der Waals surface area contributed by atoms with Crippen LogP contribution in [0.1, 0.15) is 16.7 Å². The van der Waals surface area contributed by atoms with Crippen LogP contribution in [0.25, 0.3) is 22.3 Å². The van der Waals surface area contributed by atoms with Gasteiger partial charge >= 0.3 is 0 Å². The molecule has 3 rings (SSSR count). The third kappa shape index (κ3) is 2.47. The Kier molecular flexibility index (Phi) is 3.34. The topological polar surface area (TPSA) is 37.8 Å². The van der Waals surface area contributed by atoms with Gasteiger partial charge in [-0.1, -0.05) is 29.3 Å². The Morgan fingerprint density at radius 1 is 0.905 bits per heavy atom. The zero-order chi connectivity index (χ0) is 15.0. The molecule has 0 amide bonds. The van der Waals surface area contributed by atoms with Crippen molar-refractivity contribution in [1.82, 2.24) is 9.97 Å². The highest BCUT2D eigenvalue weighted by molar-refractivity contribution is 5.93. The average Bonchev–Trinajstić information content (AvgIpc) is 2.45. The first-order chi connectivity index (χ1) is 10.1. The number of nitrogens with zero attached hydrogens (tertiary/aromatic N) is 2. The first-order valence-corrected chi connectivity index (χ1v) is 7.12. The van der Waals surface area contributed by atoms with Crippen molar-refractivity contribution >= 4 is 16.7 Å². The van der Waals surface area contributed by atoms with Crippen LogP contribution in [0.5, 0.6) is 0 Å². The van der Waals surface area contributed by atoms with E-state index < -0.39 is 0 Å². The quantitative estimate of drug-likeness (QED) is 0.760. The molecule has 3 nitrogen and oxygen atoms in total. The minimum atomic E-state index is 0.768. The van der Waals surface area contributed by atoms with Crippen molar-refractivity contribution in [2.45, 2.75) is 20.8 Å². The lowest BCUT2D eigenvalue weighted by molar-refractivity contribution is 1.20. The normalized spacial score (nSPS) is 10.9. The molecule has 0 aliphatic carbocycles. The van der Waals surface area contributed by atoms with Crippen LogP contribution in [0.4, 0.5) is 5.82 Å². The molecule has 1 N–H and O–H groups in total. The summed E-state index contributed by atoms with van der Waals surface area (Å²) in [7, 11) is 1.90. The average molecular weight is 277 g/mol. The number of benzene rings is 2. The Bertz CT molecular complexity index is 802. The third-order valence-electron chi connectivity index (χ3n) is 3.65. The zero-order valence-electron chi connectivity index (χ0n) is 12.9. The van der Waals surface area contributed by atoms with Gasteiger partial charge in [-0.15, -0.1) is 0 Å². The molecule has 0 atom stereocenters. The van der Waals surface area contributed by atoms with Crippen molar-refractivity contribution in [3.05, 3.63) is 53.1 Å². The molecule has 0 radical (unpaired) electrons. The fraction of sp³-hybridized carbons (Fsp3) is 0.222. The fourth-order valence-electron chi connectivity index (χ4n) is 2.77. The highest BCUT2D eigenvalue weighted by atomic mass is 15.0. The summed E-state index contributed by atoms with van der Waals surface area (Å²) in [5.41, 5.74) is 5.67. The van der Waals surface area contributed by atoms with E-state index in [1.807, 2.05) is 19.2 Å². The van der Waals surface area contributed by atoms with Gasteiger partial charge in [0.05, 0.1) is 5.52 Å². The maximum absolute atomic E-state index is 4.75. The number of nitrogens with one attached hydrogen (secondary N) is 1. The number of anilines is 1. The molecule has 0 fully saturated rings. The predicted octanol–water partition coefficient (Wildman–Crippen LogP) is 4.26. The monoisotopic (exact) mass is 277 g/mol. The third-order valence-corrected chi connectivity index (χ3v) is 3.65. The molecule has 106 valence electrons. The van der Waals surface area contributed by atoms with E-state index >= 15 is 0 Å². The predicted molar refractivity (Wildman–Crippen MR) is 88.7 cm³/mol. The molecule has 2 aromatic carbocycles. The van der Waals surface area contributed by atoms with Crippen molar-refractivity contribution in [2.75, 3.05) is 12.4 Å². The van der Waals surface area contributed by atoms with Crippen LogP contribution in [0, 0.1) is 20.8 Å². The molecule has 21 heavy (non-hydrogen) atoms. The fourth-order valence-corrected chi connectivity index (χ4v) is 2.77. The molecule has 3 aromatic rings. The smallest absolute Gasteiger partial charge is 0.162 e. The van der Waals surface area contributed by atoms with Crippen molar-refractivity contribution < 1.29 is 0 Å². The van der Waals surface area contributed by atoms with Crippen molar-refractivity contribution in [3.63, 3.8) is 0 Å². The number of aryl methyl sites for hydroxylation is 3. The van der Waals surface area contributed by atoms with Crippen molar-refractivity contribution in [1.29, 1.82) is 0 Å². The molecular formula is C18H19N3. The molecule has 0 saturated carbocycles. The second kappa shape index (κ2) is 5.17. The minimum absolute atomic E-state index is 0.768. The van der Waals surface area contributed by atoms with E-state index in [1.54, 1.807) is 0 Å². The summed E-state index contributed by atoms with van der Waals surface area (Å²) in [5, 5.41) is 4.29. The highest BCUT2D eigenvalue weighted by Crippen LogP contribution is 2.28. The Balaban J connectivity index is 2.29. The van der Waals surface area contributed by atoms with E-state index in [2.05, 4.69) is 50.4 Å². The molecule has 0 aliphatic rings. The zero-order valence-corrected chi connectivity index (χ0v) is 12.9. The summed E-state index contributed by atoms with van der Waals surface area (Å²) < 4.78 is 0. The van der Waals surface area contributed by atoms with Crippen LogP contribution in [-0.4, -0.2) is 17.0 Å². The summed E-state index contributed by atoms with van der Waals surface area (Å²) in [4.78, 5) is 9.46. The summed E-state index contributed by atoms with van der Waals surface area (Å²) in [5.74, 6) is 1.65. The lowest BCUT2D eigenvalue weighted by atomic mass is 10.1. The molecule has 0 unspecified atom stereocenters. The summed E-state index contributed by atoms with van der Waals surface area (Å²) in [6.45, 7) is 6.28. The van der Waals surface area contributed by atoms with Crippen molar-refractivity contribution in [3.8, 4) is 11.4 Å². The van der Waals surface area contributed by atoms with Crippen LogP contribution in [0.2, 0.25) is 0 Å². The number of aromatic nitrogens is 2. The van der Waals surface area contributed by atoms with E-state index in [1.165, 1.54) is 16.7 Å². The molecular weight excluding hydrogens is 258 g/mol. The number of hydrogen-bond acceptors (Lipinski definition) is 3. The summed E-state index contributed by atoms with van der Waals surface area (Å²) in [6, 6.07) is 12.6. The largest absolute Gasteiger partial charge is 0.373 e. The van der Waals surface area contributed by atoms with E-state index in [0.717, 1.165) is 28.1 Å². The Morgan fingerprint density at radius 3 is 2.29 bits per heavy atom. The molecule has 1 heterocycles. The highest BCUT2D eigenvalue weighted by Gasteiger charge is 2.10.